The number of ether oxygens (including phenoxy) is 2. The van der Waals surface area contributed by atoms with E-state index in [4.69, 9.17) is 9.47 Å². The van der Waals surface area contributed by atoms with Crippen molar-refractivity contribution in [1.29, 1.82) is 0 Å². The molecule has 0 spiro atoms. The second-order valence-corrected chi connectivity index (χ2v) is 14.6. The summed E-state index contributed by atoms with van der Waals surface area (Å²) in [5, 5.41) is 20.4. The van der Waals surface area contributed by atoms with E-state index in [1.807, 2.05) is 0 Å². The van der Waals surface area contributed by atoms with Gasteiger partial charge in [-0.15, -0.1) is 0 Å². The number of H-pyrrole nitrogens is 1. The molecule has 5 atom stereocenters. The predicted molar refractivity (Wildman–Crippen MR) is 207 cm³/mol. The average Bonchev–Trinajstić information content (AvgIpc) is 3.53. The summed E-state index contributed by atoms with van der Waals surface area (Å²) in [6.45, 7) is 4.66. The molecule has 16 nitrogen and oxygen atoms in total. The van der Waals surface area contributed by atoms with Crippen LogP contribution in [0.25, 0.3) is 0 Å². The predicted octanol–water partition coefficient (Wildman–Crippen LogP) is 2.88. The largest absolute Gasteiger partial charge is 0.463 e. The second-order valence-electron chi connectivity index (χ2n) is 14.6. The lowest BCUT2D eigenvalue weighted by Crippen LogP contribution is -2.47. The van der Waals surface area contributed by atoms with E-state index in [2.05, 4.69) is 33.2 Å². The quantitative estimate of drug-likeness (QED) is 0.0513. The summed E-state index contributed by atoms with van der Waals surface area (Å²) in [5.41, 5.74) is -1.08. The van der Waals surface area contributed by atoms with Crippen molar-refractivity contribution in [2.45, 2.75) is 167 Å². The topological polar surface area (TPSA) is 227 Å². The van der Waals surface area contributed by atoms with E-state index in [9.17, 15) is 43.1 Å². The Labute approximate surface area is 328 Å². The van der Waals surface area contributed by atoms with Gasteiger partial charge in [0.25, 0.3) is 5.56 Å². The van der Waals surface area contributed by atoms with Crippen LogP contribution in [0.1, 0.15) is 141 Å². The molecule has 0 saturated carbocycles. The van der Waals surface area contributed by atoms with E-state index in [1.165, 1.54) is 65.0 Å². The van der Waals surface area contributed by atoms with Crippen molar-refractivity contribution in [1.82, 2.24) is 30.8 Å². The van der Waals surface area contributed by atoms with E-state index in [-0.39, 0.29) is 50.3 Å². The van der Waals surface area contributed by atoms with Crippen LogP contribution in [0.2, 0.25) is 0 Å². The minimum absolute atomic E-state index is 0.0416. The molecule has 0 bridgehead atoms. The highest BCUT2D eigenvalue weighted by Gasteiger charge is 2.38. The third-order valence-electron chi connectivity index (χ3n) is 9.65. The molecule has 6 N–H and O–H groups in total. The number of esters is 1. The number of aliphatic hydroxyl groups is 1. The number of amides is 4. The fraction of sp³-hybridized carbons (Fsp3) is 0.769. The van der Waals surface area contributed by atoms with Gasteiger partial charge < -0.3 is 35.8 Å². The number of hydrogen-bond acceptors (Lipinski definition) is 10. The molecular weight excluding hydrogens is 731 g/mol. The van der Waals surface area contributed by atoms with E-state index < -0.39 is 72.1 Å². The lowest BCUT2D eigenvalue weighted by atomic mass is 10.1. The summed E-state index contributed by atoms with van der Waals surface area (Å²) in [5.74, 6) is -2.27. The van der Waals surface area contributed by atoms with E-state index in [1.54, 1.807) is 0 Å². The number of halogens is 1. The Balaban J connectivity index is 1.60. The molecule has 1 fully saturated rings. The third-order valence-corrected chi connectivity index (χ3v) is 9.65. The van der Waals surface area contributed by atoms with Gasteiger partial charge >= 0.3 is 11.7 Å². The zero-order valence-corrected chi connectivity index (χ0v) is 33.5. The smallest absolute Gasteiger partial charge is 0.330 e. The van der Waals surface area contributed by atoms with Gasteiger partial charge in [0.15, 0.2) is 0 Å². The fourth-order valence-corrected chi connectivity index (χ4v) is 6.37. The van der Waals surface area contributed by atoms with E-state index in [0.29, 0.717) is 32.2 Å². The molecule has 56 heavy (non-hydrogen) atoms. The van der Waals surface area contributed by atoms with Crippen molar-refractivity contribution in [3.05, 3.63) is 32.6 Å². The number of aromatic nitrogens is 2. The van der Waals surface area contributed by atoms with Gasteiger partial charge in [0, 0.05) is 57.5 Å². The first-order valence-corrected chi connectivity index (χ1v) is 20.3. The van der Waals surface area contributed by atoms with Gasteiger partial charge in [0.05, 0.1) is 12.6 Å². The molecule has 1 aromatic rings. The normalized spacial score (nSPS) is 17.5. The highest BCUT2D eigenvalue weighted by molar-refractivity contribution is 5.87. The Morgan fingerprint density at radius 1 is 0.893 bits per heavy atom. The number of aliphatic hydroxyl groups excluding tert-OH is 1. The Hall–Kier alpha value is -4.12. The number of nitrogens with zero attached hydrogens (tertiary/aromatic N) is 1. The molecule has 17 heteroatoms. The minimum Gasteiger partial charge on any atom is -0.463 e. The first-order valence-electron chi connectivity index (χ1n) is 20.3. The standard InChI is InChI=1S/C39H65FN6O10/c1-4-5-6-7-8-9-10-11-12-13-17-33(49)41-21-15-14-16-29(25-47)44-34(50)20-22-42-38(53)31(43-28(3)48)18-19-36(51)55-26-32-30(40)23-35(56-32)46-24-27(2)37(52)45-39(46)54/h24,29-32,35,47H,4-23,25-26H2,1-3H3,(H,41,49)(H,42,53)(H,43,48)(H,44,50)(H,45,52,54)/t29-,30+,31+,32-,35-/m0/s1. The Morgan fingerprint density at radius 2 is 1.57 bits per heavy atom. The molecule has 0 aromatic carbocycles. The molecule has 2 heterocycles. The summed E-state index contributed by atoms with van der Waals surface area (Å²) in [6.07, 6.45) is 11.4. The Kier molecular flexibility index (Phi) is 23.6. The molecule has 1 aromatic heterocycles. The average molecular weight is 797 g/mol. The first-order chi connectivity index (χ1) is 26.8. The van der Waals surface area contributed by atoms with Crippen LogP contribution in [-0.2, 0) is 33.4 Å². The number of carbonyl (C=O) groups is 5. The van der Waals surface area contributed by atoms with Crippen molar-refractivity contribution >= 4 is 29.6 Å². The molecule has 318 valence electrons. The number of unbranched alkanes of at least 4 members (excludes halogenated alkanes) is 10. The highest BCUT2D eigenvalue weighted by atomic mass is 19.1. The van der Waals surface area contributed by atoms with Crippen molar-refractivity contribution in [3.63, 3.8) is 0 Å². The number of aryl methyl sites for hydroxylation is 1. The van der Waals surface area contributed by atoms with Crippen molar-refractivity contribution in [2.75, 3.05) is 26.3 Å². The number of nitrogens with one attached hydrogen (secondary N) is 5. The maximum Gasteiger partial charge on any atom is 0.330 e. The molecule has 1 aliphatic rings. The van der Waals surface area contributed by atoms with Crippen LogP contribution in [0.3, 0.4) is 0 Å². The maximum absolute atomic E-state index is 14.7. The molecule has 0 aliphatic carbocycles. The number of rotatable bonds is 29. The van der Waals surface area contributed by atoms with Gasteiger partial charge in [-0.2, -0.15) is 0 Å². The maximum atomic E-state index is 14.7. The summed E-state index contributed by atoms with van der Waals surface area (Å²) < 4.78 is 26.4. The van der Waals surface area contributed by atoms with E-state index >= 15 is 0 Å². The second kappa shape index (κ2) is 27.5. The van der Waals surface area contributed by atoms with Gasteiger partial charge in [0.1, 0.15) is 31.2 Å². The van der Waals surface area contributed by atoms with Gasteiger partial charge in [-0.05, 0) is 39.0 Å². The third kappa shape index (κ3) is 19.6. The monoisotopic (exact) mass is 796 g/mol. The lowest BCUT2D eigenvalue weighted by Gasteiger charge is -2.19. The minimum atomic E-state index is -1.56. The summed E-state index contributed by atoms with van der Waals surface area (Å²) in [4.78, 5) is 87.5. The Bertz CT molecular complexity index is 1490. The van der Waals surface area contributed by atoms with Crippen LogP contribution >= 0.6 is 0 Å². The molecular formula is C39H65FN6O10. The SMILES string of the molecule is CCCCCCCCCCCCC(=O)NCCCC[C@@H](CO)NC(=O)CCNC(=O)[C@@H](CCC(=O)OC[C@@H]1O[C@H](n2cc(C)c(=O)[nH]c2=O)C[C@H]1F)NC(C)=O. The molecule has 0 unspecified atom stereocenters. The van der Waals surface area contributed by atoms with Gasteiger partial charge in [-0.3, -0.25) is 38.3 Å². The van der Waals surface area contributed by atoms with Crippen molar-refractivity contribution < 1.29 is 42.9 Å². The fourth-order valence-electron chi connectivity index (χ4n) is 6.37. The lowest BCUT2D eigenvalue weighted by molar-refractivity contribution is -0.150. The highest BCUT2D eigenvalue weighted by Crippen LogP contribution is 2.30. The summed E-state index contributed by atoms with van der Waals surface area (Å²) in [7, 11) is 0. The molecule has 0 radical (unpaired) electrons. The number of alkyl halides is 1. The number of aromatic amines is 1. The zero-order valence-electron chi connectivity index (χ0n) is 33.5. The molecule has 4 amide bonds. The van der Waals surface area contributed by atoms with Crippen LogP contribution < -0.4 is 32.5 Å². The van der Waals surface area contributed by atoms with Crippen LogP contribution in [0, 0.1) is 6.92 Å². The zero-order chi connectivity index (χ0) is 41.3. The summed E-state index contributed by atoms with van der Waals surface area (Å²) >= 11 is 0. The molecule has 1 aliphatic heterocycles. The van der Waals surface area contributed by atoms with Gasteiger partial charge in [-0.25, -0.2) is 9.18 Å². The van der Waals surface area contributed by atoms with Crippen molar-refractivity contribution in [3.8, 4) is 0 Å². The van der Waals surface area contributed by atoms with Gasteiger partial charge in [0.2, 0.25) is 23.6 Å². The van der Waals surface area contributed by atoms with Crippen LogP contribution in [-0.4, -0.2) is 94.9 Å². The number of carbonyl (C=O) groups excluding carboxylic acids is 5. The van der Waals surface area contributed by atoms with Gasteiger partial charge in [-0.1, -0.05) is 64.7 Å². The summed E-state index contributed by atoms with van der Waals surface area (Å²) in [6, 6.07) is -1.59. The van der Waals surface area contributed by atoms with Crippen molar-refractivity contribution in [2.24, 2.45) is 0 Å². The number of hydrogen-bond donors (Lipinski definition) is 6. The Morgan fingerprint density at radius 3 is 2.23 bits per heavy atom. The molecule has 1 saturated heterocycles. The van der Waals surface area contributed by atoms with Crippen LogP contribution in [0.15, 0.2) is 15.8 Å². The van der Waals surface area contributed by atoms with Crippen LogP contribution in [0.4, 0.5) is 4.39 Å². The first kappa shape index (κ1) is 48.0. The van der Waals surface area contributed by atoms with E-state index in [0.717, 1.165) is 23.8 Å². The molecule has 2 rings (SSSR count). The van der Waals surface area contributed by atoms with Crippen LogP contribution in [0.5, 0.6) is 0 Å².